The molecule has 0 aromatic heterocycles. The summed E-state index contributed by atoms with van der Waals surface area (Å²) in [6.07, 6.45) is 0. The van der Waals surface area contributed by atoms with E-state index in [2.05, 4.69) is 5.32 Å². The largest absolute Gasteiger partial charge is 0.336 e. The van der Waals surface area contributed by atoms with Gasteiger partial charge in [-0.05, 0) is 44.0 Å². The van der Waals surface area contributed by atoms with Gasteiger partial charge < -0.3 is 10.2 Å². The van der Waals surface area contributed by atoms with E-state index in [0.717, 1.165) is 21.7 Å². The number of aryl methyl sites for hydroxylation is 3. The van der Waals surface area contributed by atoms with Gasteiger partial charge >= 0.3 is 0 Å². The molecule has 25 heavy (non-hydrogen) atoms. The molecular formula is C20H24N2O2S. The average Bonchev–Trinajstić information content (AvgIpc) is 2.57. The van der Waals surface area contributed by atoms with Crippen LogP contribution in [0.2, 0.25) is 0 Å². The summed E-state index contributed by atoms with van der Waals surface area (Å²) in [4.78, 5) is 27.0. The number of benzene rings is 2. The molecule has 1 N–H and O–H groups in total. The number of anilines is 1. The lowest BCUT2D eigenvalue weighted by Crippen LogP contribution is -2.36. The quantitative estimate of drug-likeness (QED) is 0.801. The van der Waals surface area contributed by atoms with Crippen LogP contribution >= 0.6 is 11.8 Å². The molecule has 2 rings (SSSR count). The van der Waals surface area contributed by atoms with E-state index in [1.807, 2.05) is 63.2 Å². The molecule has 0 spiro atoms. The molecule has 2 amide bonds. The Labute approximate surface area is 153 Å². The molecule has 0 saturated heterocycles. The SMILES string of the molecule is Cc1ccc(SCC(=O)N(C)CC(=O)Nc2c(C)cccc2C)cc1. The zero-order valence-electron chi connectivity index (χ0n) is 15.1. The first-order valence-corrected chi connectivity index (χ1v) is 9.15. The fourth-order valence-electron chi connectivity index (χ4n) is 2.38. The Hall–Kier alpha value is -2.27. The van der Waals surface area contributed by atoms with Crippen molar-refractivity contribution < 1.29 is 9.59 Å². The van der Waals surface area contributed by atoms with Gasteiger partial charge in [0.1, 0.15) is 0 Å². The third-order valence-corrected chi connectivity index (χ3v) is 4.93. The highest BCUT2D eigenvalue weighted by Gasteiger charge is 2.14. The highest BCUT2D eigenvalue weighted by atomic mass is 32.2. The Bertz CT molecular complexity index is 737. The van der Waals surface area contributed by atoms with Crippen molar-refractivity contribution in [3.63, 3.8) is 0 Å². The van der Waals surface area contributed by atoms with Crippen molar-refractivity contribution in [2.24, 2.45) is 0 Å². The minimum Gasteiger partial charge on any atom is -0.336 e. The number of thioether (sulfide) groups is 1. The van der Waals surface area contributed by atoms with Crippen LogP contribution in [0.3, 0.4) is 0 Å². The van der Waals surface area contributed by atoms with Crippen LogP contribution in [0, 0.1) is 20.8 Å². The van der Waals surface area contributed by atoms with Crippen LogP contribution < -0.4 is 5.32 Å². The second-order valence-electron chi connectivity index (χ2n) is 6.17. The van der Waals surface area contributed by atoms with Gasteiger partial charge in [0.25, 0.3) is 0 Å². The second-order valence-corrected chi connectivity index (χ2v) is 7.22. The summed E-state index contributed by atoms with van der Waals surface area (Å²) < 4.78 is 0. The van der Waals surface area contributed by atoms with Crippen LogP contribution in [-0.4, -0.2) is 36.1 Å². The summed E-state index contributed by atoms with van der Waals surface area (Å²) in [5, 5.41) is 2.90. The molecule has 2 aromatic rings. The number of rotatable bonds is 6. The molecule has 4 nitrogen and oxygen atoms in total. The van der Waals surface area contributed by atoms with Gasteiger partial charge in [-0.2, -0.15) is 0 Å². The van der Waals surface area contributed by atoms with Gasteiger partial charge in [-0.25, -0.2) is 0 Å². The van der Waals surface area contributed by atoms with E-state index in [1.165, 1.54) is 22.2 Å². The topological polar surface area (TPSA) is 49.4 Å². The first-order chi connectivity index (χ1) is 11.9. The Morgan fingerprint density at radius 2 is 1.60 bits per heavy atom. The second kappa shape index (κ2) is 8.72. The number of carbonyl (C=O) groups excluding carboxylic acids is 2. The molecule has 0 saturated carbocycles. The zero-order valence-corrected chi connectivity index (χ0v) is 15.9. The number of hydrogen-bond donors (Lipinski definition) is 1. The number of para-hydroxylation sites is 1. The van der Waals surface area contributed by atoms with Crippen molar-refractivity contribution in [2.45, 2.75) is 25.7 Å². The van der Waals surface area contributed by atoms with E-state index in [9.17, 15) is 9.59 Å². The molecule has 2 aromatic carbocycles. The number of nitrogens with zero attached hydrogens (tertiary/aromatic N) is 1. The Morgan fingerprint density at radius 1 is 1.00 bits per heavy atom. The normalized spacial score (nSPS) is 10.4. The van der Waals surface area contributed by atoms with E-state index in [1.54, 1.807) is 7.05 Å². The van der Waals surface area contributed by atoms with E-state index in [0.29, 0.717) is 5.75 Å². The number of amides is 2. The minimum absolute atomic E-state index is 0.0427. The number of hydrogen-bond acceptors (Lipinski definition) is 3. The van der Waals surface area contributed by atoms with Crippen LogP contribution in [0.1, 0.15) is 16.7 Å². The van der Waals surface area contributed by atoms with Gasteiger partial charge in [-0.3, -0.25) is 9.59 Å². The molecule has 0 aliphatic heterocycles. The van der Waals surface area contributed by atoms with Gasteiger partial charge in [0.2, 0.25) is 11.8 Å². The predicted molar refractivity (Wildman–Crippen MR) is 104 cm³/mol. The number of likely N-dealkylation sites (N-methyl/N-ethyl adjacent to an activating group) is 1. The third-order valence-electron chi connectivity index (χ3n) is 3.94. The highest BCUT2D eigenvalue weighted by Crippen LogP contribution is 2.20. The van der Waals surface area contributed by atoms with Crippen molar-refractivity contribution >= 4 is 29.3 Å². The van der Waals surface area contributed by atoms with Gasteiger partial charge in [-0.1, -0.05) is 35.9 Å². The van der Waals surface area contributed by atoms with E-state index < -0.39 is 0 Å². The highest BCUT2D eigenvalue weighted by molar-refractivity contribution is 8.00. The van der Waals surface area contributed by atoms with Crippen molar-refractivity contribution in [3.8, 4) is 0 Å². The first kappa shape index (κ1) is 19.1. The van der Waals surface area contributed by atoms with Crippen LogP contribution in [0.5, 0.6) is 0 Å². The predicted octanol–water partition coefficient (Wildman–Crippen LogP) is 3.80. The Balaban J connectivity index is 1.85. The standard InChI is InChI=1S/C20H24N2O2S/c1-14-8-10-17(11-9-14)25-13-19(24)22(4)12-18(23)21-20-15(2)6-5-7-16(20)3/h5-11H,12-13H2,1-4H3,(H,21,23). The van der Waals surface area contributed by atoms with Crippen molar-refractivity contribution in [3.05, 3.63) is 59.2 Å². The number of carbonyl (C=O) groups is 2. The zero-order chi connectivity index (χ0) is 18.4. The van der Waals surface area contributed by atoms with E-state index >= 15 is 0 Å². The molecule has 5 heteroatoms. The van der Waals surface area contributed by atoms with Crippen molar-refractivity contribution in [2.75, 3.05) is 24.7 Å². The lowest BCUT2D eigenvalue weighted by molar-refractivity contribution is -0.131. The molecule has 0 unspecified atom stereocenters. The molecule has 0 atom stereocenters. The van der Waals surface area contributed by atoms with Gasteiger partial charge in [-0.15, -0.1) is 11.8 Å². The van der Waals surface area contributed by atoms with Crippen molar-refractivity contribution in [1.29, 1.82) is 0 Å². The van der Waals surface area contributed by atoms with Gasteiger partial charge in [0.05, 0.1) is 12.3 Å². The summed E-state index contributed by atoms with van der Waals surface area (Å²) in [7, 11) is 1.66. The summed E-state index contributed by atoms with van der Waals surface area (Å²) in [5.41, 5.74) is 4.04. The Kier molecular flexibility index (Phi) is 6.65. The Morgan fingerprint density at radius 3 is 2.20 bits per heavy atom. The summed E-state index contributed by atoms with van der Waals surface area (Å²) in [6.45, 7) is 5.98. The maximum absolute atomic E-state index is 12.2. The molecule has 0 aliphatic rings. The van der Waals surface area contributed by atoms with E-state index in [4.69, 9.17) is 0 Å². The fraction of sp³-hybridized carbons (Fsp3) is 0.300. The molecule has 132 valence electrons. The third kappa shape index (κ3) is 5.64. The fourth-order valence-corrected chi connectivity index (χ4v) is 3.22. The summed E-state index contributed by atoms with van der Waals surface area (Å²) in [5.74, 6) is 0.0618. The summed E-state index contributed by atoms with van der Waals surface area (Å²) in [6, 6.07) is 13.9. The smallest absolute Gasteiger partial charge is 0.243 e. The molecule has 0 radical (unpaired) electrons. The van der Waals surface area contributed by atoms with Crippen LogP contribution in [0.15, 0.2) is 47.4 Å². The first-order valence-electron chi connectivity index (χ1n) is 8.16. The van der Waals surface area contributed by atoms with Crippen molar-refractivity contribution in [1.82, 2.24) is 4.90 Å². The molecule has 0 bridgehead atoms. The monoisotopic (exact) mass is 356 g/mol. The molecule has 0 heterocycles. The van der Waals surface area contributed by atoms with Gasteiger partial charge in [0.15, 0.2) is 0 Å². The van der Waals surface area contributed by atoms with E-state index in [-0.39, 0.29) is 18.4 Å². The maximum Gasteiger partial charge on any atom is 0.243 e. The van der Waals surface area contributed by atoms with Gasteiger partial charge in [0, 0.05) is 17.6 Å². The minimum atomic E-state index is -0.186. The lowest BCUT2D eigenvalue weighted by Gasteiger charge is -2.18. The van der Waals surface area contributed by atoms with Crippen LogP contribution in [0.25, 0.3) is 0 Å². The number of nitrogens with one attached hydrogen (secondary N) is 1. The van der Waals surface area contributed by atoms with Crippen LogP contribution in [0.4, 0.5) is 5.69 Å². The van der Waals surface area contributed by atoms with Crippen LogP contribution in [-0.2, 0) is 9.59 Å². The molecular weight excluding hydrogens is 332 g/mol. The summed E-state index contributed by atoms with van der Waals surface area (Å²) >= 11 is 1.48. The lowest BCUT2D eigenvalue weighted by atomic mass is 10.1. The maximum atomic E-state index is 12.2. The molecule has 0 fully saturated rings. The molecule has 0 aliphatic carbocycles. The average molecular weight is 356 g/mol.